The third kappa shape index (κ3) is 3.96. The van der Waals surface area contributed by atoms with Crippen LogP contribution in [0.1, 0.15) is 6.92 Å². The third-order valence-corrected chi connectivity index (χ3v) is 3.08. The van der Waals surface area contributed by atoms with Crippen molar-refractivity contribution in [3.63, 3.8) is 0 Å². The van der Waals surface area contributed by atoms with Gasteiger partial charge in [0.15, 0.2) is 13.1 Å². The third-order valence-electron chi connectivity index (χ3n) is 3.08. The van der Waals surface area contributed by atoms with Gasteiger partial charge in [-0.1, -0.05) is 12.1 Å². The number of hydrogen-bond acceptors (Lipinski definition) is 3. The average molecular weight is 278 g/mol. The molecular formula is C14H20N3O3+. The number of para-hydroxylation sites is 2. The van der Waals surface area contributed by atoms with E-state index < -0.39 is 0 Å². The van der Waals surface area contributed by atoms with Crippen molar-refractivity contribution in [3.8, 4) is 5.75 Å². The van der Waals surface area contributed by atoms with Gasteiger partial charge >= 0.3 is 0 Å². The minimum Gasteiger partial charge on any atom is -0.492 e. The summed E-state index contributed by atoms with van der Waals surface area (Å²) in [6.45, 7) is 4.47. The second-order valence-electron chi connectivity index (χ2n) is 4.68. The molecule has 0 aromatic heterocycles. The van der Waals surface area contributed by atoms with Crippen molar-refractivity contribution < 1.29 is 19.2 Å². The van der Waals surface area contributed by atoms with Gasteiger partial charge in [0.1, 0.15) is 5.75 Å². The fourth-order valence-corrected chi connectivity index (χ4v) is 2.18. The van der Waals surface area contributed by atoms with Gasteiger partial charge in [0.25, 0.3) is 11.8 Å². The van der Waals surface area contributed by atoms with Gasteiger partial charge in [0.05, 0.1) is 25.4 Å². The molecule has 1 aromatic rings. The van der Waals surface area contributed by atoms with E-state index in [-0.39, 0.29) is 18.4 Å². The molecule has 6 nitrogen and oxygen atoms in total. The number of amides is 2. The normalized spacial score (nSPS) is 18.2. The van der Waals surface area contributed by atoms with E-state index in [0.717, 1.165) is 11.4 Å². The number of quaternary nitrogens is 1. The van der Waals surface area contributed by atoms with Crippen molar-refractivity contribution >= 4 is 17.5 Å². The van der Waals surface area contributed by atoms with E-state index in [0.29, 0.717) is 31.1 Å². The molecule has 0 saturated carbocycles. The lowest BCUT2D eigenvalue weighted by molar-refractivity contribution is -0.885. The van der Waals surface area contributed by atoms with E-state index in [2.05, 4.69) is 10.6 Å². The lowest BCUT2D eigenvalue weighted by Gasteiger charge is -2.23. The maximum Gasteiger partial charge on any atom is 0.279 e. The van der Waals surface area contributed by atoms with Crippen molar-refractivity contribution in [2.45, 2.75) is 6.92 Å². The van der Waals surface area contributed by atoms with Crippen LogP contribution in [0.3, 0.4) is 0 Å². The molecule has 1 aromatic carbocycles. The molecule has 3 N–H and O–H groups in total. The lowest BCUT2D eigenvalue weighted by atomic mass is 10.3. The molecule has 1 aliphatic rings. The highest BCUT2D eigenvalue weighted by Crippen LogP contribution is 2.23. The standard InChI is InChI=1S/C14H19N3O3/c1-2-20-12-6-4-3-5-11(12)16-14(19)10-17-8-7-15-13(18)9-17/h3-6H,2,7-10H2,1H3,(H,15,18)(H,16,19)/p+1. The molecular weight excluding hydrogens is 258 g/mol. The van der Waals surface area contributed by atoms with Crippen LogP contribution in [0.15, 0.2) is 24.3 Å². The number of nitrogens with one attached hydrogen (secondary N) is 3. The number of piperazine rings is 1. The topological polar surface area (TPSA) is 71.9 Å². The highest BCUT2D eigenvalue weighted by molar-refractivity contribution is 5.93. The summed E-state index contributed by atoms with van der Waals surface area (Å²) in [5.74, 6) is 0.547. The van der Waals surface area contributed by atoms with Crippen molar-refractivity contribution in [1.82, 2.24) is 5.32 Å². The summed E-state index contributed by atoms with van der Waals surface area (Å²) < 4.78 is 5.46. The van der Waals surface area contributed by atoms with E-state index in [1.807, 2.05) is 25.1 Å². The van der Waals surface area contributed by atoms with Crippen LogP contribution in [0.2, 0.25) is 0 Å². The van der Waals surface area contributed by atoms with Crippen LogP contribution in [0.5, 0.6) is 5.75 Å². The molecule has 0 radical (unpaired) electrons. The minimum atomic E-state index is -0.109. The van der Waals surface area contributed by atoms with Crippen LogP contribution in [0.25, 0.3) is 0 Å². The summed E-state index contributed by atoms with van der Waals surface area (Å²) in [7, 11) is 0. The zero-order valence-corrected chi connectivity index (χ0v) is 11.6. The lowest BCUT2D eigenvalue weighted by Crippen LogP contribution is -3.16. The van der Waals surface area contributed by atoms with Crippen LogP contribution in [-0.4, -0.2) is 44.6 Å². The van der Waals surface area contributed by atoms with Gasteiger partial charge in [-0.25, -0.2) is 0 Å². The van der Waals surface area contributed by atoms with E-state index in [1.165, 1.54) is 0 Å². The van der Waals surface area contributed by atoms with Gasteiger partial charge in [0.2, 0.25) is 0 Å². The van der Waals surface area contributed by atoms with Crippen LogP contribution in [-0.2, 0) is 9.59 Å². The fraction of sp³-hybridized carbons (Fsp3) is 0.429. The predicted molar refractivity (Wildman–Crippen MR) is 74.8 cm³/mol. The van der Waals surface area contributed by atoms with E-state index in [4.69, 9.17) is 4.74 Å². The molecule has 1 aliphatic heterocycles. The van der Waals surface area contributed by atoms with Gasteiger partial charge in [-0.05, 0) is 19.1 Å². The number of rotatable bonds is 5. The summed E-state index contributed by atoms with van der Waals surface area (Å²) in [6, 6.07) is 7.33. The Bertz CT molecular complexity index is 490. The maximum absolute atomic E-state index is 12.0. The molecule has 2 amide bonds. The molecule has 20 heavy (non-hydrogen) atoms. The summed E-state index contributed by atoms with van der Waals surface area (Å²) >= 11 is 0. The molecule has 1 heterocycles. The summed E-state index contributed by atoms with van der Waals surface area (Å²) in [5, 5.41) is 5.59. The van der Waals surface area contributed by atoms with Crippen molar-refractivity contribution in [2.24, 2.45) is 0 Å². The number of carbonyl (C=O) groups is 2. The SMILES string of the molecule is CCOc1ccccc1NC(=O)C[NH+]1CCNC(=O)C1. The maximum atomic E-state index is 12.0. The first-order valence-corrected chi connectivity index (χ1v) is 6.81. The molecule has 0 spiro atoms. The van der Waals surface area contributed by atoms with Crippen LogP contribution < -0.4 is 20.3 Å². The number of carbonyl (C=O) groups excluding carboxylic acids is 2. The Morgan fingerprint density at radius 3 is 3.00 bits per heavy atom. The summed E-state index contributed by atoms with van der Waals surface area (Å²) in [6.07, 6.45) is 0. The highest BCUT2D eigenvalue weighted by Gasteiger charge is 2.22. The Morgan fingerprint density at radius 1 is 1.45 bits per heavy atom. The average Bonchev–Trinajstić information content (AvgIpc) is 2.41. The Hall–Kier alpha value is -2.08. The zero-order chi connectivity index (χ0) is 14.4. The minimum absolute atomic E-state index is 0.00577. The van der Waals surface area contributed by atoms with E-state index in [1.54, 1.807) is 6.07 Å². The first-order chi connectivity index (χ1) is 9.69. The number of hydrogen-bond donors (Lipinski definition) is 3. The quantitative estimate of drug-likeness (QED) is 0.649. The fourth-order valence-electron chi connectivity index (χ4n) is 2.18. The number of anilines is 1. The molecule has 1 atom stereocenters. The molecule has 1 saturated heterocycles. The Balaban J connectivity index is 1.92. The molecule has 0 aliphatic carbocycles. The monoisotopic (exact) mass is 278 g/mol. The largest absolute Gasteiger partial charge is 0.492 e. The van der Waals surface area contributed by atoms with Crippen molar-refractivity contribution in [2.75, 3.05) is 38.1 Å². The number of benzene rings is 1. The smallest absolute Gasteiger partial charge is 0.279 e. The van der Waals surface area contributed by atoms with Crippen molar-refractivity contribution in [3.05, 3.63) is 24.3 Å². The van der Waals surface area contributed by atoms with Crippen molar-refractivity contribution in [1.29, 1.82) is 0 Å². The van der Waals surface area contributed by atoms with Gasteiger partial charge in [-0.3, -0.25) is 9.59 Å². The highest BCUT2D eigenvalue weighted by atomic mass is 16.5. The van der Waals surface area contributed by atoms with Gasteiger partial charge in [0, 0.05) is 0 Å². The second kappa shape index (κ2) is 6.91. The summed E-state index contributed by atoms with van der Waals surface area (Å²) in [4.78, 5) is 24.3. The molecule has 2 rings (SSSR count). The Kier molecular flexibility index (Phi) is 4.95. The predicted octanol–water partition coefficient (Wildman–Crippen LogP) is -0.961. The van der Waals surface area contributed by atoms with Gasteiger partial charge in [-0.15, -0.1) is 0 Å². The second-order valence-corrected chi connectivity index (χ2v) is 4.68. The molecule has 1 unspecified atom stereocenters. The Morgan fingerprint density at radius 2 is 2.25 bits per heavy atom. The van der Waals surface area contributed by atoms with Crippen LogP contribution >= 0.6 is 0 Å². The Labute approximate surface area is 118 Å². The van der Waals surface area contributed by atoms with E-state index >= 15 is 0 Å². The first-order valence-electron chi connectivity index (χ1n) is 6.81. The van der Waals surface area contributed by atoms with Gasteiger partial charge < -0.3 is 20.3 Å². The molecule has 6 heteroatoms. The first kappa shape index (κ1) is 14.3. The van der Waals surface area contributed by atoms with Crippen LogP contribution in [0, 0.1) is 0 Å². The summed E-state index contributed by atoms with van der Waals surface area (Å²) in [5.41, 5.74) is 0.667. The molecule has 1 fully saturated rings. The molecule has 0 bridgehead atoms. The van der Waals surface area contributed by atoms with E-state index in [9.17, 15) is 9.59 Å². The van der Waals surface area contributed by atoms with Gasteiger partial charge in [-0.2, -0.15) is 0 Å². The zero-order valence-electron chi connectivity index (χ0n) is 11.6. The number of ether oxygens (including phenoxy) is 1. The van der Waals surface area contributed by atoms with Crippen LogP contribution in [0.4, 0.5) is 5.69 Å². The molecule has 108 valence electrons.